The molecule has 1 aromatic heterocycles. The molecule has 0 saturated carbocycles. The lowest BCUT2D eigenvalue weighted by molar-refractivity contribution is -0.137. The van der Waals surface area contributed by atoms with E-state index in [0.717, 1.165) is 31.0 Å². The van der Waals surface area contributed by atoms with Gasteiger partial charge in [0.05, 0.1) is 11.1 Å². The Labute approximate surface area is 180 Å². The van der Waals surface area contributed by atoms with Crippen molar-refractivity contribution in [1.82, 2.24) is 9.47 Å². The number of benzene rings is 1. The molecule has 3 rings (SSSR count). The fourth-order valence-corrected chi connectivity index (χ4v) is 5.40. The number of piperidine rings is 1. The van der Waals surface area contributed by atoms with E-state index in [1.54, 1.807) is 30.4 Å². The molecule has 10 heteroatoms. The molecule has 0 aliphatic carbocycles. The number of aromatic nitrogens is 1. The summed E-state index contributed by atoms with van der Waals surface area (Å²) in [6, 6.07) is 3.97. The van der Waals surface area contributed by atoms with Crippen LogP contribution in [0.1, 0.15) is 47.1 Å². The molecule has 2 heterocycles. The Balaban J connectivity index is 2.02. The Morgan fingerprint density at radius 2 is 1.74 bits per heavy atom. The van der Waals surface area contributed by atoms with E-state index >= 15 is 0 Å². The Bertz CT molecular complexity index is 1100. The maximum Gasteiger partial charge on any atom is 0.416 e. The normalized spacial score (nSPS) is 15.9. The number of nitrogens with zero attached hydrogens (tertiary/aromatic N) is 2. The topological polar surface area (TPSA) is 71.4 Å². The van der Waals surface area contributed by atoms with Gasteiger partial charge >= 0.3 is 6.18 Å². The Kier molecular flexibility index (Phi) is 6.14. The molecule has 0 bridgehead atoms. The van der Waals surface area contributed by atoms with Crippen molar-refractivity contribution in [3.05, 3.63) is 46.8 Å². The fraction of sp³-hybridized carbons (Fsp3) is 0.476. The molecule has 1 fully saturated rings. The summed E-state index contributed by atoms with van der Waals surface area (Å²) in [6.07, 6.45) is -2.93. The minimum atomic E-state index is -4.60. The van der Waals surface area contributed by atoms with E-state index < -0.39 is 21.8 Å². The van der Waals surface area contributed by atoms with Crippen LogP contribution < -0.4 is 4.72 Å². The highest BCUT2D eigenvalue weighted by atomic mass is 32.2. The summed E-state index contributed by atoms with van der Waals surface area (Å²) >= 11 is 0. The van der Waals surface area contributed by atoms with Gasteiger partial charge in [0.2, 0.25) is 0 Å². The van der Waals surface area contributed by atoms with Gasteiger partial charge in [0.1, 0.15) is 4.90 Å². The molecule has 2 aromatic rings. The Morgan fingerprint density at radius 3 is 2.32 bits per heavy atom. The van der Waals surface area contributed by atoms with E-state index in [4.69, 9.17) is 0 Å². The van der Waals surface area contributed by atoms with E-state index in [-0.39, 0.29) is 22.1 Å². The fourth-order valence-electron chi connectivity index (χ4n) is 3.83. The van der Waals surface area contributed by atoms with Gasteiger partial charge in [-0.05, 0) is 50.8 Å². The van der Waals surface area contributed by atoms with Gasteiger partial charge in [-0.25, -0.2) is 8.42 Å². The van der Waals surface area contributed by atoms with Crippen LogP contribution in [0.3, 0.4) is 0 Å². The van der Waals surface area contributed by atoms with Crippen molar-refractivity contribution in [2.75, 3.05) is 17.8 Å². The summed E-state index contributed by atoms with van der Waals surface area (Å²) in [5, 5.41) is 0. The first kappa shape index (κ1) is 23.2. The number of nitrogens with one attached hydrogen (secondary N) is 1. The number of likely N-dealkylation sites (tertiary alicyclic amines) is 1. The summed E-state index contributed by atoms with van der Waals surface area (Å²) in [5.41, 5.74) is -0.293. The lowest BCUT2D eigenvalue weighted by atomic mass is 9.98. The van der Waals surface area contributed by atoms with E-state index in [2.05, 4.69) is 11.6 Å². The first-order chi connectivity index (χ1) is 14.3. The summed E-state index contributed by atoms with van der Waals surface area (Å²) < 4.78 is 69.3. The first-order valence-electron chi connectivity index (χ1n) is 9.98. The highest BCUT2D eigenvalue weighted by Crippen LogP contribution is 2.33. The van der Waals surface area contributed by atoms with Gasteiger partial charge in [-0.1, -0.05) is 13.0 Å². The van der Waals surface area contributed by atoms with Crippen LogP contribution in [-0.2, 0) is 23.2 Å². The Morgan fingerprint density at radius 1 is 1.13 bits per heavy atom. The predicted molar refractivity (Wildman–Crippen MR) is 111 cm³/mol. The number of hydrogen-bond donors (Lipinski definition) is 1. The van der Waals surface area contributed by atoms with Gasteiger partial charge in [0.15, 0.2) is 0 Å². The molecule has 0 atom stereocenters. The third-order valence-corrected chi connectivity index (χ3v) is 7.46. The standard InChI is InChI=1S/C21H26F3N3O3S/c1-13-8-10-27(11-9-13)20(28)18-14(2)26(4)15(3)19(18)31(29,30)25-17-7-5-6-16(12-17)21(22,23)24/h5-7,12-13,25H,8-11H2,1-4H3. The zero-order valence-corrected chi connectivity index (χ0v) is 18.7. The monoisotopic (exact) mass is 457 g/mol. The van der Waals surface area contributed by atoms with Crippen molar-refractivity contribution < 1.29 is 26.4 Å². The van der Waals surface area contributed by atoms with Crippen molar-refractivity contribution in [1.29, 1.82) is 0 Å². The lowest BCUT2D eigenvalue weighted by Gasteiger charge is -2.30. The third kappa shape index (κ3) is 4.58. The highest BCUT2D eigenvalue weighted by Gasteiger charge is 2.35. The second-order valence-electron chi connectivity index (χ2n) is 8.09. The van der Waals surface area contributed by atoms with Crippen LogP contribution in [0.15, 0.2) is 29.2 Å². The SMILES string of the molecule is Cc1c(C(=O)N2CCC(C)CC2)c(S(=O)(=O)Nc2cccc(C(F)(F)F)c2)c(C)n1C. The Hall–Kier alpha value is -2.49. The molecule has 1 saturated heterocycles. The molecule has 0 unspecified atom stereocenters. The molecule has 6 nitrogen and oxygen atoms in total. The van der Waals surface area contributed by atoms with Crippen LogP contribution in [0.4, 0.5) is 18.9 Å². The molecule has 1 N–H and O–H groups in total. The van der Waals surface area contributed by atoms with Crippen LogP contribution in [0.5, 0.6) is 0 Å². The van der Waals surface area contributed by atoms with Gasteiger partial charge in [0, 0.05) is 37.2 Å². The van der Waals surface area contributed by atoms with Gasteiger partial charge < -0.3 is 9.47 Å². The largest absolute Gasteiger partial charge is 0.416 e. The van der Waals surface area contributed by atoms with E-state index in [1.165, 1.54) is 6.07 Å². The number of sulfonamides is 1. The summed E-state index contributed by atoms with van der Waals surface area (Å²) in [4.78, 5) is 14.7. The second kappa shape index (κ2) is 8.22. The zero-order valence-electron chi connectivity index (χ0n) is 17.9. The minimum absolute atomic E-state index is 0.0639. The average Bonchev–Trinajstić information content (AvgIpc) is 2.92. The third-order valence-electron chi connectivity index (χ3n) is 5.92. The molecule has 1 aromatic carbocycles. The molecular formula is C21H26F3N3O3S. The smallest absolute Gasteiger partial charge is 0.350 e. The molecular weight excluding hydrogens is 431 g/mol. The quantitative estimate of drug-likeness (QED) is 0.743. The van der Waals surface area contributed by atoms with Crippen molar-refractivity contribution in [3.8, 4) is 0 Å². The van der Waals surface area contributed by atoms with E-state index in [0.29, 0.717) is 30.4 Å². The van der Waals surface area contributed by atoms with Crippen LogP contribution >= 0.6 is 0 Å². The van der Waals surface area contributed by atoms with Crippen molar-refractivity contribution >= 4 is 21.6 Å². The van der Waals surface area contributed by atoms with Crippen molar-refractivity contribution in [2.45, 2.75) is 44.7 Å². The molecule has 1 amide bonds. The molecule has 170 valence electrons. The van der Waals surface area contributed by atoms with Gasteiger partial charge in [0.25, 0.3) is 15.9 Å². The number of rotatable bonds is 4. The maximum absolute atomic E-state index is 13.3. The molecule has 31 heavy (non-hydrogen) atoms. The predicted octanol–water partition coefficient (Wildman–Crippen LogP) is 4.33. The number of carbonyl (C=O) groups excluding carboxylic acids is 1. The summed E-state index contributed by atoms with van der Waals surface area (Å²) in [5.74, 6) is 0.117. The van der Waals surface area contributed by atoms with Crippen molar-refractivity contribution in [3.63, 3.8) is 0 Å². The number of carbonyl (C=O) groups is 1. The number of halogens is 3. The summed E-state index contributed by atoms with van der Waals surface area (Å²) in [6.45, 7) is 6.41. The maximum atomic E-state index is 13.3. The first-order valence-corrected chi connectivity index (χ1v) is 11.5. The van der Waals surface area contributed by atoms with Gasteiger partial charge in [-0.2, -0.15) is 13.2 Å². The van der Waals surface area contributed by atoms with E-state index in [1.807, 2.05) is 0 Å². The number of alkyl halides is 3. The van der Waals surface area contributed by atoms with Gasteiger partial charge in [-0.3, -0.25) is 9.52 Å². The number of hydrogen-bond acceptors (Lipinski definition) is 3. The molecule has 0 radical (unpaired) electrons. The van der Waals surface area contributed by atoms with E-state index in [9.17, 15) is 26.4 Å². The molecule has 1 aliphatic rings. The number of amides is 1. The number of anilines is 1. The second-order valence-corrected chi connectivity index (χ2v) is 9.71. The van der Waals surface area contributed by atoms with Gasteiger partial charge in [-0.15, -0.1) is 0 Å². The molecule has 0 spiro atoms. The van der Waals surface area contributed by atoms with Crippen LogP contribution in [-0.4, -0.2) is 36.9 Å². The lowest BCUT2D eigenvalue weighted by Crippen LogP contribution is -2.38. The van der Waals surface area contributed by atoms with Crippen LogP contribution in [0.25, 0.3) is 0 Å². The van der Waals surface area contributed by atoms with Crippen molar-refractivity contribution in [2.24, 2.45) is 13.0 Å². The molecule has 1 aliphatic heterocycles. The van der Waals surface area contributed by atoms with Crippen LogP contribution in [0, 0.1) is 19.8 Å². The average molecular weight is 458 g/mol. The highest BCUT2D eigenvalue weighted by molar-refractivity contribution is 7.92. The summed E-state index contributed by atoms with van der Waals surface area (Å²) in [7, 11) is -2.66. The van der Waals surface area contributed by atoms with Crippen LogP contribution in [0.2, 0.25) is 0 Å². The zero-order chi connectivity index (χ0) is 23.1. The minimum Gasteiger partial charge on any atom is -0.350 e.